The van der Waals surface area contributed by atoms with Crippen molar-refractivity contribution in [2.75, 3.05) is 0 Å². The van der Waals surface area contributed by atoms with Crippen LogP contribution in [0.4, 0.5) is 0 Å². The summed E-state index contributed by atoms with van der Waals surface area (Å²) in [5.74, 6) is 0. The monoisotopic (exact) mass is 532 g/mol. The van der Waals surface area contributed by atoms with Crippen molar-refractivity contribution >= 4 is 8.07 Å². The molecule has 3 aromatic rings. The Hall–Kier alpha value is -1.06. The Morgan fingerprint density at radius 2 is 0.969 bits per heavy atom. The molecule has 0 radical (unpaired) electrons. The molecule has 0 fully saturated rings. The first-order valence-electron chi connectivity index (χ1n) is 10.3. The summed E-state index contributed by atoms with van der Waals surface area (Å²) in [6.45, 7) is 7.41. The maximum atomic E-state index is 2.51. The van der Waals surface area contributed by atoms with Crippen LogP contribution < -0.4 is 37.2 Å². The van der Waals surface area contributed by atoms with E-state index in [2.05, 4.69) is 137 Å². The van der Waals surface area contributed by atoms with E-state index in [1.54, 1.807) is 5.20 Å². The molecule has 0 amide bonds. The molecule has 0 spiro atoms. The minimum absolute atomic E-state index is 0. The zero-order valence-electron chi connectivity index (χ0n) is 18.6. The molecular formula is C27H27Cl3SiTi. The van der Waals surface area contributed by atoms with Gasteiger partial charge in [0.15, 0.2) is 0 Å². The fourth-order valence-corrected chi connectivity index (χ4v) is 8.59. The van der Waals surface area contributed by atoms with Crippen LogP contribution in [0.3, 0.4) is 0 Å². The third-order valence-corrected chi connectivity index (χ3v) is 9.56. The fourth-order valence-electron chi connectivity index (χ4n) is 4.62. The Morgan fingerprint density at radius 3 is 1.25 bits per heavy atom. The van der Waals surface area contributed by atoms with Crippen LogP contribution in [-0.4, -0.2) is 8.07 Å². The van der Waals surface area contributed by atoms with Gasteiger partial charge in [0.05, 0.1) is 0 Å². The number of hydrogen-bond acceptors (Lipinski definition) is 0. The van der Waals surface area contributed by atoms with E-state index in [9.17, 15) is 0 Å². The molecule has 1 aliphatic rings. The van der Waals surface area contributed by atoms with Crippen LogP contribution >= 0.6 is 0 Å². The van der Waals surface area contributed by atoms with Gasteiger partial charge in [-0.25, -0.2) is 0 Å². The number of allylic oxidation sites excluding steroid dienone is 4. The number of halogens is 3. The smallest absolute Gasteiger partial charge is 1.00 e. The average molecular weight is 534 g/mol. The van der Waals surface area contributed by atoms with Crippen molar-refractivity contribution in [2.24, 2.45) is 0 Å². The molecular weight excluding hydrogens is 507 g/mol. The molecule has 0 nitrogen and oxygen atoms in total. The Morgan fingerprint density at radius 1 is 0.625 bits per heavy atom. The number of rotatable bonds is 5. The van der Waals surface area contributed by atoms with Gasteiger partial charge in [0.25, 0.3) is 0 Å². The molecule has 0 saturated heterocycles. The average Bonchev–Trinajstić information content (AvgIpc) is 3.13. The standard InChI is InChI=1S/C27H27Si.3ClH.Ti/c1-28(2,3)26-20-19-25(21-26)27(22-13-7-4-8-14-22,23-15-9-5-10-16-23)24-17-11-6-12-18-24;;;;/h4-19H,20H2,1-3H3;3*1H;/q;;;;+3/p-3. The van der Waals surface area contributed by atoms with Crippen LogP contribution in [0.1, 0.15) is 23.1 Å². The molecule has 0 aliphatic heterocycles. The second-order valence-electron chi connectivity index (χ2n) is 8.77. The molecule has 4 rings (SSSR count). The fraction of sp³-hybridized carbons (Fsp3) is 0.185. The van der Waals surface area contributed by atoms with E-state index in [1.165, 1.54) is 26.1 Å². The van der Waals surface area contributed by atoms with E-state index >= 15 is 0 Å². The Kier molecular flexibility index (Phi) is 10.8. The van der Waals surface area contributed by atoms with Crippen molar-refractivity contribution in [1.82, 2.24) is 0 Å². The predicted octanol–water partition coefficient (Wildman–Crippen LogP) is -1.96. The van der Waals surface area contributed by atoms with Gasteiger partial charge in [0.1, 0.15) is 0 Å². The van der Waals surface area contributed by atoms with Gasteiger partial charge in [-0.05, 0) is 0 Å². The van der Waals surface area contributed by atoms with E-state index in [0.29, 0.717) is 0 Å². The molecule has 0 heterocycles. The summed E-state index contributed by atoms with van der Waals surface area (Å²) < 4.78 is 1.50. The largest absolute Gasteiger partial charge is 1.00 e. The Labute approximate surface area is 224 Å². The molecule has 3 aromatic carbocycles. The third-order valence-electron chi connectivity index (χ3n) is 6.01. The molecule has 164 valence electrons. The predicted molar refractivity (Wildman–Crippen MR) is 122 cm³/mol. The van der Waals surface area contributed by atoms with E-state index in [1.807, 2.05) is 0 Å². The Bertz CT molecular complexity index is 960. The van der Waals surface area contributed by atoms with E-state index < -0.39 is 8.07 Å². The number of benzene rings is 3. The third kappa shape index (κ3) is 5.20. The zero-order chi connectivity index (χ0) is 20.5. The van der Waals surface area contributed by atoms with Crippen molar-refractivity contribution in [3.63, 3.8) is 0 Å². The number of hydrogen-bond donors (Lipinski definition) is 0. The zero-order valence-corrected chi connectivity index (χ0v) is 23.4. The summed E-state index contributed by atoms with van der Waals surface area (Å²) in [5, 5.41) is 1.68. The first-order valence-corrected chi connectivity index (χ1v) is 14.6. The first kappa shape index (κ1) is 29.0. The van der Waals surface area contributed by atoms with Gasteiger partial charge in [-0.3, -0.25) is 0 Å². The molecule has 5 heteroatoms. The van der Waals surface area contributed by atoms with E-state index in [0.717, 1.165) is 6.42 Å². The Balaban J connectivity index is 0.00000171. The van der Waals surface area contributed by atoms with E-state index in [4.69, 9.17) is 0 Å². The van der Waals surface area contributed by atoms with Gasteiger partial charge in [0.2, 0.25) is 0 Å². The van der Waals surface area contributed by atoms with Crippen LogP contribution in [0.2, 0.25) is 19.6 Å². The maximum absolute atomic E-state index is 2.51. The normalized spacial score (nSPS) is 13.5. The van der Waals surface area contributed by atoms with Crippen molar-refractivity contribution in [3.8, 4) is 0 Å². The van der Waals surface area contributed by atoms with Crippen LogP contribution in [0.5, 0.6) is 0 Å². The van der Waals surface area contributed by atoms with Gasteiger partial charge in [0, 0.05) is 0 Å². The second kappa shape index (κ2) is 11.9. The quantitative estimate of drug-likeness (QED) is 0.264. The van der Waals surface area contributed by atoms with E-state index in [-0.39, 0.29) is 42.6 Å². The summed E-state index contributed by atoms with van der Waals surface area (Å²) in [6, 6.07) is 33.1. The summed E-state index contributed by atoms with van der Waals surface area (Å²) in [7, 11) is -1.38. The van der Waals surface area contributed by atoms with Gasteiger partial charge >= 0.3 is 188 Å². The van der Waals surface area contributed by atoms with Crippen LogP contribution in [-0.2, 0) is 25.9 Å². The van der Waals surface area contributed by atoms with Crippen molar-refractivity contribution in [3.05, 3.63) is 128 Å². The summed E-state index contributed by atoms with van der Waals surface area (Å²) >= 11 is 2.36. The topological polar surface area (TPSA) is 0 Å². The molecule has 0 aromatic heterocycles. The van der Waals surface area contributed by atoms with Crippen molar-refractivity contribution < 1.29 is 57.7 Å². The summed E-state index contributed by atoms with van der Waals surface area (Å²) in [5.41, 5.74) is 5.16. The minimum atomic E-state index is -1.38. The van der Waals surface area contributed by atoms with Crippen LogP contribution in [0.25, 0.3) is 0 Å². The molecule has 0 N–H and O–H groups in total. The minimum Gasteiger partial charge on any atom is -1.00 e. The molecule has 32 heavy (non-hydrogen) atoms. The van der Waals surface area contributed by atoms with Gasteiger partial charge in [-0.2, -0.15) is 0 Å². The van der Waals surface area contributed by atoms with Crippen LogP contribution in [0.15, 0.2) is 112 Å². The molecule has 1 aliphatic carbocycles. The summed E-state index contributed by atoms with van der Waals surface area (Å²) in [6.07, 6.45) is 3.60. The van der Waals surface area contributed by atoms with Crippen LogP contribution in [0, 0.1) is 0 Å². The SMILES string of the molecule is C[Si](C)(C)C1=[C]([Ti+3])C(C(c2ccccc2)(c2ccccc2)c2ccccc2)=CC1.[Cl-].[Cl-].[Cl-]. The van der Waals surface area contributed by atoms with Gasteiger partial charge in [-0.1, -0.05) is 0 Å². The molecule has 0 atom stereocenters. The van der Waals surface area contributed by atoms with Gasteiger partial charge < -0.3 is 37.2 Å². The first-order chi connectivity index (χ1) is 14.0. The second-order valence-corrected chi connectivity index (χ2v) is 14.7. The maximum Gasteiger partial charge on any atom is -1.00 e. The summed E-state index contributed by atoms with van der Waals surface area (Å²) in [4.78, 5) is 0. The van der Waals surface area contributed by atoms with Crippen molar-refractivity contribution in [1.29, 1.82) is 0 Å². The van der Waals surface area contributed by atoms with Gasteiger partial charge in [-0.15, -0.1) is 0 Å². The molecule has 0 bridgehead atoms. The molecule has 0 unspecified atom stereocenters. The molecule has 0 saturated carbocycles. The van der Waals surface area contributed by atoms with Crippen molar-refractivity contribution in [2.45, 2.75) is 31.5 Å².